The molecule has 11 heteroatoms. The van der Waals surface area contributed by atoms with E-state index in [4.69, 9.17) is 0 Å². The fraction of sp³-hybridized carbons (Fsp3) is 0.333. The topological polar surface area (TPSA) is 76.7 Å². The van der Waals surface area contributed by atoms with E-state index in [0.29, 0.717) is 25.3 Å². The number of piperazine rings is 1. The van der Waals surface area contributed by atoms with Gasteiger partial charge in [0.25, 0.3) is 18.2 Å². The number of nitrogens with zero attached hydrogens (tertiary/aromatic N) is 2. The molecule has 1 saturated heterocycles. The number of rotatable bonds is 6. The number of benzene rings is 2. The fourth-order valence-electron chi connectivity index (χ4n) is 4.53. The average Bonchev–Trinajstić information content (AvgIpc) is 2.91. The monoisotopic (exact) mass is 531 g/mol. The molecule has 2 aromatic rings. The number of anilines is 2. The normalized spacial score (nSPS) is 18.0. The minimum absolute atomic E-state index is 0.0109. The van der Waals surface area contributed by atoms with Crippen LogP contribution in [-0.4, -0.2) is 69.5 Å². The zero-order chi connectivity index (χ0) is 27.6. The number of hydrogen-bond acceptors (Lipinski definition) is 5. The average molecular weight is 532 g/mol. The summed E-state index contributed by atoms with van der Waals surface area (Å²) >= 11 is 0. The van der Waals surface area contributed by atoms with Gasteiger partial charge in [-0.15, -0.1) is 0 Å². The minimum Gasteiger partial charge on any atom is -0.387 e. The molecule has 38 heavy (non-hydrogen) atoms. The van der Waals surface area contributed by atoms with E-state index >= 15 is 4.39 Å². The Morgan fingerprint density at radius 2 is 1.84 bits per heavy atom. The molecule has 202 valence electrons. The van der Waals surface area contributed by atoms with E-state index in [1.54, 1.807) is 0 Å². The van der Waals surface area contributed by atoms with Crippen LogP contribution in [0.25, 0.3) is 11.1 Å². The Morgan fingerprint density at radius 3 is 2.53 bits per heavy atom. The molecule has 1 atom stereocenters. The van der Waals surface area contributed by atoms with E-state index in [9.17, 15) is 22.8 Å². The first-order valence-electron chi connectivity index (χ1n) is 12.1. The second kappa shape index (κ2) is 11.3. The van der Waals surface area contributed by atoms with Gasteiger partial charge in [-0.2, -0.15) is 0 Å². The maximum Gasteiger partial charge on any atom is 0.264 e. The summed E-state index contributed by atoms with van der Waals surface area (Å²) in [5.74, 6) is -2.88. The number of dihydropyridines is 1. The summed E-state index contributed by atoms with van der Waals surface area (Å²) in [6.07, 6.45) is -0.371. The van der Waals surface area contributed by atoms with Crippen molar-refractivity contribution in [3.05, 3.63) is 71.0 Å². The molecule has 0 radical (unpaired) electrons. The zero-order valence-electron chi connectivity index (χ0n) is 21.2. The first kappa shape index (κ1) is 27.2. The first-order valence-corrected chi connectivity index (χ1v) is 12.1. The van der Waals surface area contributed by atoms with Crippen molar-refractivity contribution in [1.29, 1.82) is 0 Å². The van der Waals surface area contributed by atoms with Crippen LogP contribution in [0.4, 0.5) is 28.9 Å². The van der Waals surface area contributed by atoms with Crippen molar-refractivity contribution in [2.24, 2.45) is 0 Å². The summed E-state index contributed by atoms with van der Waals surface area (Å²) in [6, 6.07) is 6.40. The number of halogens is 4. The molecule has 7 nitrogen and oxygen atoms in total. The van der Waals surface area contributed by atoms with Crippen molar-refractivity contribution >= 4 is 23.2 Å². The number of carbonyl (C=O) groups is 2. The Hall–Kier alpha value is -3.86. The quantitative estimate of drug-likeness (QED) is 0.495. The second-order valence-electron chi connectivity index (χ2n) is 9.28. The minimum atomic E-state index is -2.85. The molecule has 0 aliphatic carbocycles. The van der Waals surface area contributed by atoms with Gasteiger partial charge in [-0.25, -0.2) is 17.6 Å². The molecule has 2 aliphatic rings. The van der Waals surface area contributed by atoms with Gasteiger partial charge in [-0.1, -0.05) is 12.1 Å². The van der Waals surface area contributed by atoms with Crippen LogP contribution >= 0.6 is 0 Å². The summed E-state index contributed by atoms with van der Waals surface area (Å²) < 4.78 is 57.0. The predicted molar refractivity (Wildman–Crippen MR) is 138 cm³/mol. The Balaban J connectivity index is 1.78. The highest BCUT2D eigenvalue weighted by atomic mass is 19.3. The Kier molecular flexibility index (Phi) is 8.05. The molecular weight excluding hydrogens is 502 g/mol. The highest BCUT2D eigenvalue weighted by Gasteiger charge is 2.28. The molecule has 0 saturated carbocycles. The number of nitrogens with one attached hydrogen (secondary N) is 3. The van der Waals surface area contributed by atoms with Gasteiger partial charge in [0.05, 0.1) is 22.5 Å². The molecule has 2 amide bonds. The summed E-state index contributed by atoms with van der Waals surface area (Å²) in [7, 11) is 3.33. The van der Waals surface area contributed by atoms with Crippen molar-refractivity contribution in [3.8, 4) is 11.1 Å². The lowest BCUT2D eigenvalue weighted by atomic mass is 9.99. The number of carbonyl (C=O) groups excluding carboxylic acids is 2. The molecule has 4 rings (SSSR count). The van der Waals surface area contributed by atoms with Gasteiger partial charge in [0.2, 0.25) is 0 Å². The van der Waals surface area contributed by atoms with Gasteiger partial charge in [0.1, 0.15) is 11.6 Å². The van der Waals surface area contributed by atoms with E-state index in [2.05, 4.69) is 20.9 Å². The van der Waals surface area contributed by atoms with E-state index in [1.165, 1.54) is 43.6 Å². The maximum atomic E-state index is 15.5. The summed E-state index contributed by atoms with van der Waals surface area (Å²) in [4.78, 5) is 29.4. The zero-order valence-corrected chi connectivity index (χ0v) is 21.2. The molecular formula is C27H29F4N5O2. The maximum absolute atomic E-state index is 15.5. The van der Waals surface area contributed by atoms with Crippen LogP contribution in [0.5, 0.6) is 0 Å². The highest BCUT2D eigenvalue weighted by Crippen LogP contribution is 2.36. The van der Waals surface area contributed by atoms with E-state index in [1.807, 2.05) is 18.9 Å². The molecule has 2 heterocycles. The van der Waals surface area contributed by atoms with Crippen LogP contribution < -0.4 is 20.9 Å². The predicted octanol–water partition coefficient (Wildman–Crippen LogP) is 3.75. The van der Waals surface area contributed by atoms with E-state index in [-0.39, 0.29) is 40.5 Å². The van der Waals surface area contributed by atoms with Crippen molar-refractivity contribution in [1.82, 2.24) is 15.5 Å². The summed E-state index contributed by atoms with van der Waals surface area (Å²) in [6.45, 7) is 3.97. The Labute approximate surface area is 218 Å². The highest BCUT2D eigenvalue weighted by molar-refractivity contribution is 6.09. The molecule has 0 spiro atoms. The van der Waals surface area contributed by atoms with Crippen molar-refractivity contribution in [3.63, 3.8) is 0 Å². The third-order valence-corrected chi connectivity index (χ3v) is 6.86. The van der Waals surface area contributed by atoms with Crippen molar-refractivity contribution in [2.45, 2.75) is 19.4 Å². The molecule has 2 aliphatic heterocycles. The van der Waals surface area contributed by atoms with Crippen LogP contribution in [0.2, 0.25) is 0 Å². The number of likely N-dealkylation sites (N-methyl/N-ethyl adjacent to an activating group) is 1. The van der Waals surface area contributed by atoms with E-state index < -0.39 is 35.4 Å². The number of amides is 2. The third-order valence-electron chi connectivity index (χ3n) is 6.86. The van der Waals surface area contributed by atoms with Crippen LogP contribution in [-0.2, 0) is 4.79 Å². The SMILES string of the molecule is CNC(=O)c1cc(-c2cc(NC(=O)C3=CNCC=C3C(F)F)c(N3CCN(C)[C@@H](C)C3)cc2F)ccc1F. The standard InChI is InChI=1S/C27H29F4N5O2/c1-15-14-36(9-8-35(15)3)24-12-22(29)18(16-4-5-21(28)19(10-16)26(37)32-2)11-23(24)34-27(38)20-13-33-7-6-17(20)25(30)31/h4-6,10-13,15,25,33H,7-9,14H2,1-3H3,(H,32,37)(H,34,38)/t15-/m0/s1. The third kappa shape index (κ3) is 5.52. The molecule has 0 unspecified atom stereocenters. The van der Waals surface area contributed by atoms with Crippen LogP contribution in [0.1, 0.15) is 17.3 Å². The largest absolute Gasteiger partial charge is 0.387 e. The number of hydrogen-bond donors (Lipinski definition) is 3. The smallest absolute Gasteiger partial charge is 0.264 e. The van der Waals surface area contributed by atoms with Gasteiger partial charge < -0.3 is 25.8 Å². The molecule has 0 bridgehead atoms. The number of alkyl halides is 2. The van der Waals surface area contributed by atoms with Crippen molar-refractivity contribution in [2.75, 3.05) is 50.5 Å². The molecule has 2 aromatic carbocycles. The lowest BCUT2D eigenvalue weighted by Gasteiger charge is -2.39. The second-order valence-corrected chi connectivity index (χ2v) is 9.28. The van der Waals surface area contributed by atoms with Gasteiger partial charge in [0.15, 0.2) is 0 Å². The van der Waals surface area contributed by atoms with Gasteiger partial charge >= 0.3 is 0 Å². The van der Waals surface area contributed by atoms with Crippen molar-refractivity contribution < 1.29 is 27.2 Å². The lowest BCUT2D eigenvalue weighted by molar-refractivity contribution is -0.112. The van der Waals surface area contributed by atoms with Gasteiger partial charge in [-0.3, -0.25) is 9.59 Å². The first-order chi connectivity index (χ1) is 18.1. The van der Waals surface area contributed by atoms with Crippen LogP contribution in [0, 0.1) is 11.6 Å². The molecule has 1 fully saturated rings. The van der Waals surface area contributed by atoms with Crippen LogP contribution in [0.3, 0.4) is 0 Å². The van der Waals surface area contributed by atoms with Gasteiger partial charge in [0, 0.05) is 56.6 Å². The lowest BCUT2D eigenvalue weighted by Crippen LogP contribution is -2.50. The Morgan fingerprint density at radius 1 is 1.08 bits per heavy atom. The van der Waals surface area contributed by atoms with E-state index in [0.717, 1.165) is 6.07 Å². The molecule has 3 N–H and O–H groups in total. The van der Waals surface area contributed by atoms with Crippen LogP contribution in [0.15, 0.2) is 53.8 Å². The van der Waals surface area contributed by atoms with Gasteiger partial charge in [-0.05, 0) is 43.8 Å². The summed E-state index contributed by atoms with van der Waals surface area (Å²) in [5, 5.41) is 7.80. The molecule has 0 aromatic heterocycles. The fourth-order valence-corrected chi connectivity index (χ4v) is 4.53. The Bertz CT molecular complexity index is 1310. The summed E-state index contributed by atoms with van der Waals surface area (Å²) in [5.41, 5.74) is -0.0725.